The van der Waals surface area contributed by atoms with E-state index in [1.54, 1.807) is 24.4 Å². The monoisotopic (exact) mass is 375 g/mol. The number of carbonyl (C=O) groups is 1. The third kappa shape index (κ3) is 2.70. The molecule has 2 N–H and O–H groups in total. The molecule has 9 heteroatoms. The number of para-hydroxylation sites is 1. The van der Waals surface area contributed by atoms with Crippen molar-refractivity contribution < 1.29 is 22.4 Å². The number of anilines is 1. The molecule has 0 spiro atoms. The maximum absolute atomic E-state index is 12.8. The Balaban J connectivity index is 1.68. The highest BCUT2D eigenvalue weighted by molar-refractivity contribution is 7.89. The molecule has 1 aromatic carbocycles. The van der Waals surface area contributed by atoms with Crippen molar-refractivity contribution in [2.45, 2.75) is 5.09 Å². The largest absolute Gasteiger partial charge is 0.438 e. The van der Waals surface area contributed by atoms with Crippen LogP contribution in [0.25, 0.3) is 10.9 Å². The van der Waals surface area contributed by atoms with E-state index in [9.17, 15) is 13.2 Å². The minimum Gasteiger partial charge on any atom is -0.438 e. The van der Waals surface area contributed by atoms with Gasteiger partial charge in [-0.3, -0.25) is 9.36 Å². The zero-order valence-electron chi connectivity index (χ0n) is 13.8. The highest BCUT2D eigenvalue weighted by Crippen LogP contribution is 2.25. The summed E-state index contributed by atoms with van der Waals surface area (Å²) in [5, 5.41) is 0.554. The molecule has 0 saturated carbocycles. The van der Waals surface area contributed by atoms with Gasteiger partial charge in [0.1, 0.15) is 0 Å². The van der Waals surface area contributed by atoms with Gasteiger partial charge in [-0.15, -0.1) is 0 Å². The van der Waals surface area contributed by atoms with E-state index in [4.69, 9.17) is 14.9 Å². The second kappa shape index (κ2) is 6.27. The molecule has 1 aliphatic heterocycles. The summed E-state index contributed by atoms with van der Waals surface area (Å²) in [6, 6.07) is 9.76. The number of benzene rings is 1. The first kappa shape index (κ1) is 16.8. The van der Waals surface area contributed by atoms with E-state index in [0.717, 1.165) is 5.39 Å². The average Bonchev–Trinajstić information content (AvgIpc) is 3.30. The quantitative estimate of drug-likeness (QED) is 0.696. The lowest BCUT2D eigenvalue weighted by atomic mass is 10.2. The van der Waals surface area contributed by atoms with Crippen molar-refractivity contribution >= 4 is 32.5 Å². The second-order valence-corrected chi connectivity index (χ2v) is 7.78. The molecule has 2 aromatic heterocycles. The molecule has 3 aromatic rings. The number of hydrogen-bond donors (Lipinski definition) is 1. The van der Waals surface area contributed by atoms with Gasteiger partial charge < -0.3 is 14.9 Å². The van der Waals surface area contributed by atoms with Crippen molar-refractivity contribution in [3.63, 3.8) is 0 Å². The maximum atomic E-state index is 12.8. The summed E-state index contributed by atoms with van der Waals surface area (Å²) in [7, 11) is -3.79. The van der Waals surface area contributed by atoms with Crippen molar-refractivity contribution in [3.8, 4) is 0 Å². The number of nitrogens with zero attached hydrogens (tertiary/aromatic N) is 2. The molecule has 0 radical (unpaired) electrons. The van der Waals surface area contributed by atoms with Crippen molar-refractivity contribution in [2.75, 3.05) is 32.0 Å². The Bertz CT molecular complexity index is 1080. The zero-order chi connectivity index (χ0) is 18.3. The van der Waals surface area contributed by atoms with E-state index in [2.05, 4.69) is 0 Å². The molecule has 136 valence electrons. The van der Waals surface area contributed by atoms with E-state index in [1.807, 2.05) is 6.07 Å². The van der Waals surface area contributed by atoms with Gasteiger partial charge in [0.2, 0.25) is 5.09 Å². The summed E-state index contributed by atoms with van der Waals surface area (Å²) < 4.78 is 38.4. The summed E-state index contributed by atoms with van der Waals surface area (Å²) in [5.74, 6) is -0.557. The maximum Gasteiger partial charge on any atom is 0.298 e. The summed E-state index contributed by atoms with van der Waals surface area (Å²) in [5.41, 5.74) is 6.99. The number of furan rings is 1. The minimum absolute atomic E-state index is 0.0717. The fourth-order valence-electron chi connectivity index (χ4n) is 3.00. The first-order valence-corrected chi connectivity index (χ1v) is 9.50. The van der Waals surface area contributed by atoms with Crippen molar-refractivity contribution in [2.24, 2.45) is 0 Å². The van der Waals surface area contributed by atoms with Crippen LogP contribution in [0.1, 0.15) is 10.6 Å². The van der Waals surface area contributed by atoms with Gasteiger partial charge in [-0.25, -0.2) is 8.42 Å². The van der Waals surface area contributed by atoms with Crippen molar-refractivity contribution in [1.29, 1.82) is 0 Å². The summed E-state index contributed by atoms with van der Waals surface area (Å²) >= 11 is 0. The molecule has 0 unspecified atom stereocenters. The number of carbonyl (C=O) groups excluding carboxylic acids is 1. The lowest BCUT2D eigenvalue weighted by molar-refractivity contribution is 0.0722. The van der Waals surface area contributed by atoms with Crippen LogP contribution in [0, 0.1) is 0 Å². The number of fused-ring (bicyclic) bond motifs is 1. The summed E-state index contributed by atoms with van der Waals surface area (Å²) in [6.45, 7) is 1.18. The van der Waals surface area contributed by atoms with Gasteiger partial charge in [0.15, 0.2) is 5.76 Å². The number of aromatic nitrogens is 1. The molecule has 4 rings (SSSR count). The number of sulfonamides is 1. The predicted molar refractivity (Wildman–Crippen MR) is 94.4 cm³/mol. The second-order valence-electron chi connectivity index (χ2n) is 5.91. The molecule has 1 saturated heterocycles. The molecule has 1 aliphatic rings. The number of nitrogen functional groups attached to an aromatic ring is 1. The Morgan fingerprint density at radius 3 is 2.62 bits per heavy atom. The molecule has 1 fully saturated rings. The molecule has 0 bridgehead atoms. The topological polar surface area (TPSA) is 108 Å². The first-order chi connectivity index (χ1) is 12.5. The van der Waals surface area contributed by atoms with Gasteiger partial charge in [0, 0.05) is 24.7 Å². The van der Waals surface area contributed by atoms with Gasteiger partial charge in [0.25, 0.3) is 15.9 Å². The smallest absolute Gasteiger partial charge is 0.298 e. The molecular formula is C17H17N3O5S. The van der Waals surface area contributed by atoms with E-state index in [1.165, 1.54) is 21.0 Å². The number of rotatable bonds is 3. The van der Waals surface area contributed by atoms with Crippen LogP contribution in [0.2, 0.25) is 0 Å². The summed E-state index contributed by atoms with van der Waals surface area (Å²) in [6.07, 6.45) is 1.59. The Hall–Kier alpha value is -2.62. The molecular weight excluding hydrogens is 358 g/mol. The minimum atomic E-state index is -3.79. The molecule has 0 atom stereocenters. The van der Waals surface area contributed by atoms with E-state index >= 15 is 0 Å². The SMILES string of the molecule is Nc1cccc2ccn(C(=O)c3ccc(S(=O)(=O)N4CCOCC4)o3)c12. The van der Waals surface area contributed by atoms with Crippen LogP contribution in [0.3, 0.4) is 0 Å². The predicted octanol–water partition coefficient (Wildman–Crippen LogP) is 1.53. The van der Waals surface area contributed by atoms with Gasteiger partial charge in [-0.2, -0.15) is 4.31 Å². The van der Waals surface area contributed by atoms with Crippen LogP contribution < -0.4 is 5.73 Å². The molecule has 26 heavy (non-hydrogen) atoms. The van der Waals surface area contributed by atoms with Crippen LogP contribution in [0.4, 0.5) is 5.69 Å². The lowest BCUT2D eigenvalue weighted by Crippen LogP contribution is -2.40. The van der Waals surface area contributed by atoms with Gasteiger partial charge in [-0.1, -0.05) is 12.1 Å². The van der Waals surface area contributed by atoms with Gasteiger partial charge in [0.05, 0.1) is 24.4 Å². The van der Waals surface area contributed by atoms with Crippen LogP contribution in [-0.4, -0.2) is 49.5 Å². The van der Waals surface area contributed by atoms with Crippen LogP contribution in [-0.2, 0) is 14.8 Å². The normalized spacial score (nSPS) is 16.2. The number of ether oxygens (including phenoxy) is 1. The first-order valence-electron chi connectivity index (χ1n) is 8.06. The number of hydrogen-bond acceptors (Lipinski definition) is 6. The fraction of sp³-hybridized carbons (Fsp3) is 0.235. The standard InChI is InChI=1S/C17H17N3O5S/c18-13-3-1-2-12-6-7-20(16(12)13)17(21)14-4-5-15(25-14)26(22,23)19-8-10-24-11-9-19/h1-7H,8-11,18H2. The van der Waals surface area contributed by atoms with Gasteiger partial charge >= 0.3 is 0 Å². The number of nitrogens with two attached hydrogens (primary N) is 1. The Labute approximate surface area is 149 Å². The van der Waals surface area contributed by atoms with Gasteiger partial charge in [-0.05, 0) is 24.3 Å². The highest BCUT2D eigenvalue weighted by Gasteiger charge is 2.30. The molecule has 0 amide bonds. The lowest BCUT2D eigenvalue weighted by Gasteiger charge is -2.24. The third-order valence-electron chi connectivity index (χ3n) is 4.32. The van der Waals surface area contributed by atoms with Crippen molar-refractivity contribution in [1.82, 2.24) is 8.87 Å². The van der Waals surface area contributed by atoms with Crippen LogP contribution in [0.15, 0.2) is 52.1 Å². The van der Waals surface area contributed by atoms with Crippen LogP contribution in [0.5, 0.6) is 0 Å². The number of morpholine rings is 1. The Morgan fingerprint density at radius 1 is 1.08 bits per heavy atom. The summed E-state index contributed by atoms with van der Waals surface area (Å²) in [4.78, 5) is 12.8. The van der Waals surface area contributed by atoms with E-state index in [0.29, 0.717) is 24.4 Å². The van der Waals surface area contributed by atoms with Crippen LogP contribution >= 0.6 is 0 Å². The molecule has 8 nitrogen and oxygen atoms in total. The molecule has 0 aliphatic carbocycles. The third-order valence-corrected chi connectivity index (χ3v) is 6.09. The fourth-order valence-corrected chi connectivity index (χ4v) is 4.32. The average molecular weight is 375 g/mol. The zero-order valence-corrected chi connectivity index (χ0v) is 14.6. The highest BCUT2D eigenvalue weighted by atomic mass is 32.2. The van der Waals surface area contributed by atoms with E-state index in [-0.39, 0.29) is 23.9 Å². The molecule has 3 heterocycles. The Kier molecular flexibility index (Phi) is 4.06. The van der Waals surface area contributed by atoms with E-state index < -0.39 is 15.9 Å². The van der Waals surface area contributed by atoms with Crippen molar-refractivity contribution in [3.05, 3.63) is 48.4 Å². The Morgan fingerprint density at radius 2 is 1.85 bits per heavy atom.